The number of aromatic amines is 1. The number of halogens is 4. The first kappa shape index (κ1) is 42.6. The second kappa shape index (κ2) is 18.3. The molecule has 58 heavy (non-hydrogen) atoms. The number of H-pyrrole nitrogens is 1. The molecule has 0 spiro atoms. The Hall–Kier alpha value is -5.03. The van der Waals surface area contributed by atoms with Gasteiger partial charge in [0, 0.05) is 42.4 Å². The number of carbonyl (C=O) groups excluding carboxylic acids is 4. The SMILES string of the molecule is CCCC(NC(=O)CNC)C(=O)N1CC(F)CC1Cc1c(-c2nc3cc(F)ccc3n2CC2CC(F)CN2C(=O)C(NC(=O)CNC)C(C)C)[nH]c2cc(F)ccc12. The number of likely N-dealkylation sites (N-methyl/N-ethyl adjacent to an activating group) is 2. The van der Waals surface area contributed by atoms with Gasteiger partial charge in [-0.3, -0.25) is 19.2 Å². The lowest BCUT2D eigenvalue weighted by molar-refractivity contribution is -0.138. The summed E-state index contributed by atoms with van der Waals surface area (Å²) in [7, 11) is 3.23. The monoisotopic (exact) mass is 811 g/mol. The second-order valence-electron chi connectivity index (χ2n) is 15.8. The summed E-state index contributed by atoms with van der Waals surface area (Å²) in [5.74, 6) is -2.64. The van der Waals surface area contributed by atoms with Gasteiger partial charge in [-0.2, -0.15) is 0 Å². The fraction of sp³-hybridized carbons (Fsp3) is 0.537. The summed E-state index contributed by atoms with van der Waals surface area (Å²) in [4.78, 5) is 64.3. The molecule has 0 saturated carbocycles. The maximum absolute atomic E-state index is 15.4. The van der Waals surface area contributed by atoms with Crippen molar-refractivity contribution in [2.75, 3.05) is 40.3 Å². The van der Waals surface area contributed by atoms with Crippen LogP contribution in [0.5, 0.6) is 0 Å². The fourth-order valence-corrected chi connectivity index (χ4v) is 8.41. The summed E-state index contributed by atoms with van der Waals surface area (Å²) in [6, 6.07) is 5.18. The summed E-state index contributed by atoms with van der Waals surface area (Å²) >= 11 is 0. The number of carbonyl (C=O) groups is 4. The van der Waals surface area contributed by atoms with Gasteiger partial charge in [0.15, 0.2) is 5.82 Å². The van der Waals surface area contributed by atoms with E-state index in [1.807, 2.05) is 6.92 Å². The Bertz CT molecular complexity index is 2140. The van der Waals surface area contributed by atoms with Gasteiger partial charge in [-0.15, -0.1) is 0 Å². The summed E-state index contributed by atoms with van der Waals surface area (Å²) in [5.41, 5.74) is 2.19. The van der Waals surface area contributed by atoms with E-state index in [2.05, 4.69) is 26.3 Å². The minimum atomic E-state index is -1.35. The first-order valence-corrected chi connectivity index (χ1v) is 20.0. The molecule has 6 rings (SSSR count). The number of nitrogens with one attached hydrogen (secondary N) is 5. The molecular formula is C41H53F4N9O4. The molecular weight excluding hydrogens is 759 g/mol. The van der Waals surface area contributed by atoms with Gasteiger partial charge in [0.2, 0.25) is 23.6 Å². The number of nitrogens with zero attached hydrogens (tertiary/aromatic N) is 4. The highest BCUT2D eigenvalue weighted by molar-refractivity contribution is 5.93. The molecule has 6 atom stereocenters. The van der Waals surface area contributed by atoms with Crippen molar-refractivity contribution < 1.29 is 36.7 Å². The van der Waals surface area contributed by atoms with E-state index in [0.717, 1.165) is 0 Å². The van der Waals surface area contributed by atoms with Crippen LogP contribution >= 0.6 is 0 Å². The highest BCUT2D eigenvalue weighted by Crippen LogP contribution is 2.37. The van der Waals surface area contributed by atoms with Crippen molar-refractivity contribution in [2.45, 2.75) is 95.9 Å². The van der Waals surface area contributed by atoms with E-state index in [-0.39, 0.29) is 75.2 Å². The molecule has 314 valence electrons. The van der Waals surface area contributed by atoms with E-state index in [9.17, 15) is 28.0 Å². The zero-order valence-corrected chi connectivity index (χ0v) is 33.5. The molecule has 2 aromatic heterocycles. The van der Waals surface area contributed by atoms with E-state index in [0.29, 0.717) is 46.3 Å². The summed E-state index contributed by atoms with van der Waals surface area (Å²) in [5, 5.41) is 11.7. The van der Waals surface area contributed by atoms with Crippen molar-refractivity contribution in [1.82, 2.24) is 45.6 Å². The highest BCUT2D eigenvalue weighted by atomic mass is 19.1. The molecule has 6 unspecified atom stereocenters. The molecule has 2 fully saturated rings. The Labute approximate surface area is 334 Å². The molecule has 4 aromatic rings. The van der Waals surface area contributed by atoms with Crippen molar-refractivity contribution in [3.63, 3.8) is 0 Å². The number of benzene rings is 2. The standard InChI is InChI=1S/C41H53F4N9O4/c1-6-7-31(48-35(55)17-46-4)40(57)52-19-25(44)12-27(52)16-30-29-10-8-23(42)14-32(29)49-38(30)39-50-33-15-24(43)9-11-34(33)54(39)21-28-13-26(45)20-53(28)41(58)37(22(2)3)51-36(56)18-47-5/h8-11,14-15,22,25-28,31,37,46-47,49H,6-7,12-13,16-21H2,1-5H3,(H,48,55)(H,51,56). The molecule has 4 heterocycles. The van der Waals surface area contributed by atoms with Crippen LogP contribution < -0.4 is 21.3 Å². The second-order valence-corrected chi connectivity index (χ2v) is 15.8. The largest absolute Gasteiger partial charge is 0.352 e. The Kier molecular flexibility index (Phi) is 13.4. The zero-order valence-electron chi connectivity index (χ0n) is 33.5. The Balaban J connectivity index is 1.41. The van der Waals surface area contributed by atoms with Gasteiger partial charge in [-0.1, -0.05) is 27.2 Å². The van der Waals surface area contributed by atoms with Crippen LogP contribution in [-0.2, 0) is 32.1 Å². The normalized spacial score (nSPS) is 20.7. The number of hydrogen-bond donors (Lipinski definition) is 5. The van der Waals surface area contributed by atoms with Crippen LogP contribution in [0, 0.1) is 17.6 Å². The molecule has 4 amide bonds. The van der Waals surface area contributed by atoms with Gasteiger partial charge in [-0.05, 0) is 68.8 Å². The van der Waals surface area contributed by atoms with Crippen LogP contribution in [0.1, 0.15) is 52.0 Å². The minimum absolute atomic E-state index is 0.00529. The quantitative estimate of drug-likeness (QED) is 0.108. The summed E-state index contributed by atoms with van der Waals surface area (Å²) in [6.07, 6.45) is -1.60. The van der Waals surface area contributed by atoms with Gasteiger partial charge >= 0.3 is 0 Å². The zero-order chi connectivity index (χ0) is 41.8. The first-order chi connectivity index (χ1) is 27.7. The third-order valence-corrected chi connectivity index (χ3v) is 11.1. The molecule has 0 radical (unpaired) electrons. The molecule has 2 aliphatic rings. The number of rotatable bonds is 16. The molecule has 2 aromatic carbocycles. The first-order valence-electron chi connectivity index (χ1n) is 20.0. The Morgan fingerprint density at radius 2 is 1.48 bits per heavy atom. The van der Waals surface area contributed by atoms with Crippen molar-refractivity contribution in [3.05, 3.63) is 53.6 Å². The van der Waals surface area contributed by atoms with E-state index < -0.39 is 60.0 Å². The van der Waals surface area contributed by atoms with Crippen molar-refractivity contribution in [2.24, 2.45) is 5.92 Å². The molecule has 2 aliphatic heterocycles. The fourth-order valence-electron chi connectivity index (χ4n) is 8.41. The van der Waals surface area contributed by atoms with Crippen molar-refractivity contribution >= 4 is 45.6 Å². The van der Waals surface area contributed by atoms with E-state index in [4.69, 9.17) is 4.98 Å². The average molecular weight is 812 g/mol. The predicted octanol–water partition coefficient (Wildman–Crippen LogP) is 3.75. The lowest BCUT2D eigenvalue weighted by atomic mass is 9.99. The molecule has 5 N–H and O–H groups in total. The lowest BCUT2D eigenvalue weighted by Crippen LogP contribution is -2.54. The number of fused-ring (bicyclic) bond motifs is 2. The maximum Gasteiger partial charge on any atom is 0.245 e. The van der Waals surface area contributed by atoms with Gasteiger partial charge in [-0.25, -0.2) is 22.5 Å². The molecule has 17 heteroatoms. The average Bonchev–Trinajstić information content (AvgIpc) is 3.92. The lowest BCUT2D eigenvalue weighted by Gasteiger charge is -2.31. The number of alkyl halides is 2. The van der Waals surface area contributed by atoms with Gasteiger partial charge in [0.05, 0.1) is 48.9 Å². The smallest absolute Gasteiger partial charge is 0.245 e. The topological polar surface area (TPSA) is 156 Å². The number of aromatic nitrogens is 3. The third kappa shape index (κ3) is 9.15. The Morgan fingerprint density at radius 3 is 2.14 bits per heavy atom. The van der Waals surface area contributed by atoms with Crippen molar-refractivity contribution in [3.8, 4) is 11.5 Å². The molecule has 0 aliphatic carbocycles. The molecule has 2 saturated heterocycles. The van der Waals surface area contributed by atoms with Crippen LogP contribution in [0.4, 0.5) is 17.6 Å². The van der Waals surface area contributed by atoms with Gasteiger partial charge in [0.25, 0.3) is 0 Å². The van der Waals surface area contributed by atoms with E-state index in [1.165, 1.54) is 34.1 Å². The molecule has 0 bridgehead atoms. The van der Waals surface area contributed by atoms with Crippen LogP contribution in [0.15, 0.2) is 36.4 Å². The number of hydrogen-bond acceptors (Lipinski definition) is 7. The van der Waals surface area contributed by atoms with Crippen LogP contribution in [0.3, 0.4) is 0 Å². The van der Waals surface area contributed by atoms with Crippen LogP contribution in [0.25, 0.3) is 33.5 Å². The highest BCUT2D eigenvalue weighted by Gasteiger charge is 2.42. The van der Waals surface area contributed by atoms with Gasteiger partial charge in [0.1, 0.15) is 36.1 Å². The van der Waals surface area contributed by atoms with E-state index in [1.54, 1.807) is 44.6 Å². The van der Waals surface area contributed by atoms with Gasteiger partial charge < -0.3 is 40.6 Å². The summed E-state index contributed by atoms with van der Waals surface area (Å²) in [6.45, 7) is 5.16. The van der Waals surface area contributed by atoms with Crippen LogP contribution in [0.2, 0.25) is 0 Å². The van der Waals surface area contributed by atoms with E-state index >= 15 is 8.78 Å². The van der Waals surface area contributed by atoms with Crippen LogP contribution in [-0.4, -0.2) is 125 Å². The van der Waals surface area contributed by atoms with Crippen molar-refractivity contribution in [1.29, 1.82) is 0 Å². The number of amides is 4. The number of likely N-dealkylation sites (tertiary alicyclic amines) is 2. The predicted molar refractivity (Wildman–Crippen MR) is 212 cm³/mol. The number of imidazole rings is 1. The Morgan fingerprint density at radius 1 is 0.862 bits per heavy atom. The molecule has 13 nitrogen and oxygen atoms in total. The summed E-state index contributed by atoms with van der Waals surface area (Å²) < 4.78 is 62.0. The maximum atomic E-state index is 15.4. The minimum Gasteiger partial charge on any atom is -0.352 e. The third-order valence-electron chi connectivity index (χ3n) is 11.1.